The summed E-state index contributed by atoms with van der Waals surface area (Å²) in [5.41, 5.74) is 1.23. The van der Waals surface area contributed by atoms with E-state index in [1.807, 2.05) is 30.3 Å². The van der Waals surface area contributed by atoms with E-state index in [1.165, 1.54) is 0 Å². The standard InChI is InChI=1S/C16H20INO2/c1-16(2,3)18-10-12-7-8-19-15(12)11-20-14-6-4-5-13(17)9-14/h4-9,18H,10-11H2,1-3H3. The highest BCUT2D eigenvalue weighted by Crippen LogP contribution is 2.18. The molecule has 1 N–H and O–H groups in total. The Morgan fingerprint density at radius 1 is 1.25 bits per heavy atom. The molecule has 108 valence electrons. The molecule has 0 aliphatic rings. The number of ether oxygens (including phenoxy) is 1. The average molecular weight is 385 g/mol. The molecule has 0 unspecified atom stereocenters. The van der Waals surface area contributed by atoms with Crippen molar-refractivity contribution in [2.24, 2.45) is 0 Å². The lowest BCUT2D eigenvalue weighted by molar-refractivity contribution is 0.267. The smallest absolute Gasteiger partial charge is 0.146 e. The third-order valence-electron chi connectivity index (χ3n) is 2.81. The minimum Gasteiger partial charge on any atom is -0.486 e. The van der Waals surface area contributed by atoms with E-state index < -0.39 is 0 Å². The molecule has 3 nitrogen and oxygen atoms in total. The van der Waals surface area contributed by atoms with Gasteiger partial charge in [-0.1, -0.05) is 6.07 Å². The first kappa shape index (κ1) is 15.4. The first-order valence-corrected chi connectivity index (χ1v) is 7.70. The van der Waals surface area contributed by atoms with Gasteiger partial charge in [-0.25, -0.2) is 0 Å². The van der Waals surface area contributed by atoms with E-state index in [4.69, 9.17) is 9.15 Å². The molecule has 1 aromatic carbocycles. The lowest BCUT2D eigenvalue weighted by atomic mass is 10.1. The van der Waals surface area contributed by atoms with Gasteiger partial charge < -0.3 is 14.5 Å². The van der Waals surface area contributed by atoms with Crippen LogP contribution < -0.4 is 10.1 Å². The molecule has 0 fully saturated rings. The number of hydrogen-bond acceptors (Lipinski definition) is 3. The maximum absolute atomic E-state index is 5.78. The van der Waals surface area contributed by atoms with Crippen molar-refractivity contribution >= 4 is 22.6 Å². The molecular formula is C16H20INO2. The van der Waals surface area contributed by atoms with Gasteiger partial charge in [0.05, 0.1) is 6.26 Å². The molecule has 0 saturated heterocycles. The molecule has 0 saturated carbocycles. The third kappa shape index (κ3) is 4.83. The summed E-state index contributed by atoms with van der Waals surface area (Å²) in [5.74, 6) is 1.74. The van der Waals surface area contributed by atoms with Gasteiger partial charge in [-0.15, -0.1) is 0 Å². The highest BCUT2D eigenvalue weighted by Gasteiger charge is 2.12. The van der Waals surface area contributed by atoms with Gasteiger partial charge >= 0.3 is 0 Å². The fourth-order valence-electron chi connectivity index (χ4n) is 1.72. The molecule has 0 radical (unpaired) electrons. The highest BCUT2D eigenvalue weighted by molar-refractivity contribution is 14.1. The molecule has 1 heterocycles. The Kier molecular flexibility index (Phi) is 5.10. The van der Waals surface area contributed by atoms with Crippen LogP contribution in [0.25, 0.3) is 0 Å². The van der Waals surface area contributed by atoms with Crippen molar-refractivity contribution in [3.8, 4) is 5.75 Å². The van der Waals surface area contributed by atoms with Gasteiger partial charge in [0.15, 0.2) is 0 Å². The maximum Gasteiger partial charge on any atom is 0.146 e. The van der Waals surface area contributed by atoms with Crippen molar-refractivity contribution < 1.29 is 9.15 Å². The fraction of sp³-hybridized carbons (Fsp3) is 0.375. The number of hydrogen-bond donors (Lipinski definition) is 1. The van der Waals surface area contributed by atoms with Crippen LogP contribution in [-0.2, 0) is 13.2 Å². The second kappa shape index (κ2) is 6.63. The van der Waals surface area contributed by atoms with Crippen LogP contribution in [0, 0.1) is 3.57 Å². The summed E-state index contributed by atoms with van der Waals surface area (Å²) < 4.78 is 12.5. The average Bonchev–Trinajstić information content (AvgIpc) is 2.81. The Bertz CT molecular complexity index is 558. The molecule has 4 heteroatoms. The second-order valence-corrected chi connectivity index (χ2v) is 6.96. The van der Waals surface area contributed by atoms with E-state index in [1.54, 1.807) is 6.26 Å². The Balaban J connectivity index is 1.95. The normalized spacial score (nSPS) is 11.6. The van der Waals surface area contributed by atoms with Crippen molar-refractivity contribution in [3.63, 3.8) is 0 Å². The molecule has 20 heavy (non-hydrogen) atoms. The summed E-state index contributed by atoms with van der Waals surface area (Å²) in [5, 5.41) is 3.46. The molecule has 0 spiro atoms. The summed E-state index contributed by atoms with van der Waals surface area (Å²) in [4.78, 5) is 0. The monoisotopic (exact) mass is 385 g/mol. The Morgan fingerprint density at radius 3 is 2.75 bits per heavy atom. The zero-order valence-corrected chi connectivity index (χ0v) is 14.2. The van der Waals surface area contributed by atoms with E-state index in [-0.39, 0.29) is 5.54 Å². The first-order valence-electron chi connectivity index (χ1n) is 6.63. The molecular weight excluding hydrogens is 365 g/mol. The predicted molar refractivity (Wildman–Crippen MR) is 88.8 cm³/mol. The summed E-state index contributed by atoms with van der Waals surface area (Å²) in [6, 6.07) is 9.99. The molecule has 0 aliphatic heterocycles. The Hall–Kier alpha value is -1.01. The van der Waals surface area contributed by atoms with Gasteiger partial charge in [0.1, 0.15) is 18.1 Å². The molecule has 0 atom stereocenters. The van der Waals surface area contributed by atoms with Crippen LogP contribution in [0.1, 0.15) is 32.1 Å². The van der Waals surface area contributed by atoms with Crippen molar-refractivity contribution in [2.45, 2.75) is 39.5 Å². The van der Waals surface area contributed by atoms with Crippen molar-refractivity contribution in [2.75, 3.05) is 0 Å². The zero-order chi connectivity index (χ0) is 14.6. The number of halogens is 1. The molecule has 0 aliphatic carbocycles. The van der Waals surface area contributed by atoms with Gasteiger partial charge in [-0.2, -0.15) is 0 Å². The Morgan fingerprint density at radius 2 is 2.05 bits per heavy atom. The number of benzene rings is 1. The van der Waals surface area contributed by atoms with Crippen LogP contribution in [0.5, 0.6) is 5.75 Å². The molecule has 0 amide bonds. The predicted octanol–water partition coefficient (Wildman–Crippen LogP) is 4.35. The van der Waals surface area contributed by atoms with Crippen LogP contribution in [0.3, 0.4) is 0 Å². The third-order valence-corrected chi connectivity index (χ3v) is 3.48. The SMILES string of the molecule is CC(C)(C)NCc1ccoc1COc1cccc(I)c1. The van der Waals surface area contributed by atoms with E-state index in [9.17, 15) is 0 Å². The Labute approximate surface area is 133 Å². The van der Waals surface area contributed by atoms with Crippen LogP contribution in [0.2, 0.25) is 0 Å². The van der Waals surface area contributed by atoms with Gasteiger partial charge in [0, 0.05) is 21.2 Å². The van der Waals surface area contributed by atoms with Crippen LogP contribution in [-0.4, -0.2) is 5.54 Å². The number of nitrogens with one attached hydrogen (secondary N) is 1. The van der Waals surface area contributed by atoms with E-state index in [0.717, 1.165) is 27.2 Å². The lowest BCUT2D eigenvalue weighted by Gasteiger charge is -2.20. The van der Waals surface area contributed by atoms with E-state index in [0.29, 0.717) is 6.61 Å². The van der Waals surface area contributed by atoms with Crippen LogP contribution in [0.15, 0.2) is 41.0 Å². The minimum atomic E-state index is 0.0882. The lowest BCUT2D eigenvalue weighted by Crippen LogP contribution is -2.35. The summed E-state index contributed by atoms with van der Waals surface area (Å²) in [6.45, 7) is 7.68. The highest BCUT2D eigenvalue weighted by atomic mass is 127. The van der Waals surface area contributed by atoms with Gasteiger partial charge in [0.25, 0.3) is 0 Å². The quantitative estimate of drug-likeness (QED) is 0.778. The molecule has 0 bridgehead atoms. The molecule has 1 aromatic heterocycles. The van der Waals surface area contributed by atoms with Crippen molar-refractivity contribution in [1.29, 1.82) is 0 Å². The van der Waals surface area contributed by atoms with Crippen LogP contribution >= 0.6 is 22.6 Å². The fourth-order valence-corrected chi connectivity index (χ4v) is 2.23. The summed E-state index contributed by atoms with van der Waals surface area (Å²) in [7, 11) is 0. The summed E-state index contributed by atoms with van der Waals surface area (Å²) >= 11 is 2.27. The molecule has 2 aromatic rings. The van der Waals surface area contributed by atoms with Gasteiger partial charge in [-0.3, -0.25) is 0 Å². The van der Waals surface area contributed by atoms with Crippen LogP contribution in [0.4, 0.5) is 0 Å². The van der Waals surface area contributed by atoms with E-state index >= 15 is 0 Å². The first-order chi connectivity index (χ1) is 9.44. The topological polar surface area (TPSA) is 34.4 Å². The minimum absolute atomic E-state index is 0.0882. The number of rotatable bonds is 5. The van der Waals surface area contributed by atoms with Gasteiger partial charge in [0.2, 0.25) is 0 Å². The zero-order valence-electron chi connectivity index (χ0n) is 12.1. The number of furan rings is 1. The second-order valence-electron chi connectivity index (χ2n) is 5.72. The molecule has 2 rings (SSSR count). The summed E-state index contributed by atoms with van der Waals surface area (Å²) in [6.07, 6.45) is 1.72. The van der Waals surface area contributed by atoms with E-state index in [2.05, 4.69) is 48.7 Å². The van der Waals surface area contributed by atoms with Crippen molar-refractivity contribution in [1.82, 2.24) is 5.32 Å². The van der Waals surface area contributed by atoms with Crippen molar-refractivity contribution in [3.05, 3.63) is 51.5 Å². The van der Waals surface area contributed by atoms with Gasteiger partial charge in [-0.05, 0) is 67.6 Å². The largest absolute Gasteiger partial charge is 0.486 e. The maximum atomic E-state index is 5.78.